The lowest BCUT2D eigenvalue weighted by atomic mass is 10.2. The summed E-state index contributed by atoms with van der Waals surface area (Å²) in [6, 6.07) is 10.2. The van der Waals surface area contributed by atoms with Crippen molar-refractivity contribution in [2.24, 2.45) is 0 Å². The molecule has 160 valence electrons. The quantitative estimate of drug-likeness (QED) is 0.526. The Morgan fingerprint density at radius 2 is 1.90 bits per heavy atom. The molecule has 0 radical (unpaired) electrons. The molecule has 1 aliphatic heterocycles. The van der Waals surface area contributed by atoms with Crippen LogP contribution >= 0.6 is 22.9 Å². The maximum absolute atomic E-state index is 12.8. The Morgan fingerprint density at radius 1 is 1.16 bits per heavy atom. The van der Waals surface area contributed by atoms with Crippen LogP contribution in [-0.4, -0.2) is 31.3 Å². The molecule has 1 aromatic heterocycles. The molecule has 3 aromatic rings. The number of hydrogen-bond donors (Lipinski definition) is 2. The maximum Gasteiger partial charge on any atom is 0.263 e. The third-order valence-electron chi connectivity index (χ3n) is 4.72. The molecule has 0 aliphatic carbocycles. The summed E-state index contributed by atoms with van der Waals surface area (Å²) in [5, 5.41) is 5.41. The van der Waals surface area contributed by atoms with E-state index in [1.165, 1.54) is 29.7 Å². The van der Waals surface area contributed by atoms with Crippen molar-refractivity contribution in [2.75, 3.05) is 14.9 Å². The number of aromatic nitrogens is 1. The lowest BCUT2D eigenvalue weighted by Gasteiger charge is -2.17. The first kappa shape index (κ1) is 21.3. The normalized spacial score (nSPS) is 16.6. The van der Waals surface area contributed by atoms with Crippen LogP contribution in [-0.2, 0) is 19.6 Å². The van der Waals surface area contributed by atoms with E-state index in [1.807, 2.05) is 6.92 Å². The van der Waals surface area contributed by atoms with Gasteiger partial charge in [0.25, 0.3) is 15.9 Å². The van der Waals surface area contributed by atoms with Gasteiger partial charge in [-0.1, -0.05) is 17.7 Å². The zero-order chi connectivity index (χ0) is 22.2. The average molecular weight is 477 g/mol. The third-order valence-corrected chi connectivity index (χ3v) is 7.30. The standard InChI is InChI=1S/C20H17ClN4O4S2/c1-12-2-5-14(10-16(12)21)25-18(26)11-17(19(25)27)23-13-3-6-15(7-4-13)31(28,29)24-20-22-8-9-30-20/h2-10,17,23H,11H2,1H3,(H,22,24)/t17-/m1/s1. The van der Waals surface area contributed by atoms with Crippen LogP contribution in [0.2, 0.25) is 5.02 Å². The van der Waals surface area contributed by atoms with E-state index in [0.29, 0.717) is 16.4 Å². The van der Waals surface area contributed by atoms with E-state index in [9.17, 15) is 18.0 Å². The van der Waals surface area contributed by atoms with Gasteiger partial charge in [-0.3, -0.25) is 14.3 Å². The molecule has 4 rings (SSSR count). The van der Waals surface area contributed by atoms with Crippen molar-refractivity contribution >= 4 is 61.3 Å². The second-order valence-corrected chi connectivity index (χ2v) is 9.85. The number of benzene rings is 2. The molecule has 1 fully saturated rings. The minimum absolute atomic E-state index is 0.0179. The molecule has 1 saturated heterocycles. The molecular weight excluding hydrogens is 460 g/mol. The number of halogens is 1. The van der Waals surface area contributed by atoms with E-state index >= 15 is 0 Å². The van der Waals surface area contributed by atoms with Crippen LogP contribution in [0.15, 0.2) is 58.9 Å². The van der Waals surface area contributed by atoms with Crippen LogP contribution in [0.5, 0.6) is 0 Å². The first-order chi connectivity index (χ1) is 14.7. The van der Waals surface area contributed by atoms with Crippen molar-refractivity contribution in [3.8, 4) is 0 Å². The second kappa shape index (κ2) is 8.29. The fourth-order valence-electron chi connectivity index (χ4n) is 3.12. The van der Waals surface area contributed by atoms with Crippen LogP contribution in [0.4, 0.5) is 16.5 Å². The lowest BCUT2D eigenvalue weighted by molar-refractivity contribution is -0.121. The van der Waals surface area contributed by atoms with Gasteiger partial charge in [-0.2, -0.15) is 0 Å². The van der Waals surface area contributed by atoms with E-state index < -0.39 is 22.0 Å². The molecule has 0 spiro atoms. The highest BCUT2D eigenvalue weighted by Gasteiger charge is 2.39. The van der Waals surface area contributed by atoms with E-state index in [1.54, 1.807) is 35.7 Å². The van der Waals surface area contributed by atoms with Gasteiger partial charge in [0.1, 0.15) is 6.04 Å². The van der Waals surface area contributed by atoms with Crippen molar-refractivity contribution in [1.82, 2.24) is 4.98 Å². The van der Waals surface area contributed by atoms with Crippen molar-refractivity contribution in [2.45, 2.75) is 24.3 Å². The van der Waals surface area contributed by atoms with E-state index in [-0.39, 0.29) is 22.4 Å². The summed E-state index contributed by atoms with van der Waals surface area (Å²) in [6.45, 7) is 1.83. The summed E-state index contributed by atoms with van der Waals surface area (Å²) in [5.41, 5.74) is 1.78. The van der Waals surface area contributed by atoms with Crippen molar-refractivity contribution < 1.29 is 18.0 Å². The van der Waals surface area contributed by atoms with Crippen LogP contribution < -0.4 is 14.9 Å². The molecule has 0 unspecified atom stereocenters. The Labute approximate surface area is 187 Å². The summed E-state index contributed by atoms with van der Waals surface area (Å²) >= 11 is 7.30. The van der Waals surface area contributed by atoms with Crippen LogP contribution in [0.25, 0.3) is 0 Å². The molecule has 11 heteroatoms. The number of aryl methyl sites for hydroxylation is 1. The highest BCUT2D eigenvalue weighted by atomic mass is 35.5. The highest BCUT2D eigenvalue weighted by molar-refractivity contribution is 7.93. The Balaban J connectivity index is 1.47. The van der Waals surface area contributed by atoms with Crippen LogP contribution in [0.3, 0.4) is 0 Å². The summed E-state index contributed by atoms with van der Waals surface area (Å²) in [5.74, 6) is -0.735. The number of nitrogens with one attached hydrogen (secondary N) is 2. The summed E-state index contributed by atoms with van der Waals surface area (Å²) < 4.78 is 27.2. The molecule has 1 atom stereocenters. The van der Waals surface area contributed by atoms with Gasteiger partial charge in [-0.25, -0.2) is 18.3 Å². The molecule has 0 saturated carbocycles. The summed E-state index contributed by atoms with van der Waals surface area (Å²) in [6.07, 6.45) is 1.49. The van der Waals surface area contributed by atoms with Crippen LogP contribution in [0.1, 0.15) is 12.0 Å². The Hall–Kier alpha value is -2.95. The number of sulfonamides is 1. The Morgan fingerprint density at radius 3 is 2.55 bits per heavy atom. The lowest BCUT2D eigenvalue weighted by Crippen LogP contribution is -2.34. The molecule has 2 aromatic carbocycles. The Kier molecular flexibility index (Phi) is 5.69. The second-order valence-electron chi connectivity index (χ2n) is 6.87. The predicted octanol–water partition coefficient (Wildman–Crippen LogP) is 3.65. The minimum atomic E-state index is -3.77. The third kappa shape index (κ3) is 4.41. The van der Waals surface area contributed by atoms with Gasteiger partial charge >= 0.3 is 0 Å². The molecule has 31 heavy (non-hydrogen) atoms. The summed E-state index contributed by atoms with van der Waals surface area (Å²) in [7, 11) is -3.77. The van der Waals surface area contributed by atoms with E-state index in [2.05, 4.69) is 15.0 Å². The fourth-order valence-corrected chi connectivity index (χ4v) is 5.08. The predicted molar refractivity (Wildman–Crippen MR) is 120 cm³/mol. The number of imide groups is 1. The number of nitrogens with zero attached hydrogens (tertiary/aromatic N) is 2. The van der Waals surface area contributed by atoms with E-state index in [4.69, 9.17) is 11.6 Å². The van der Waals surface area contributed by atoms with Gasteiger partial charge in [0.2, 0.25) is 5.91 Å². The Bertz CT molecular complexity index is 1240. The first-order valence-electron chi connectivity index (χ1n) is 9.16. The molecule has 2 N–H and O–H groups in total. The number of thiazole rings is 1. The van der Waals surface area contributed by atoms with Gasteiger partial charge in [-0.15, -0.1) is 11.3 Å². The molecule has 8 nitrogen and oxygen atoms in total. The van der Waals surface area contributed by atoms with E-state index in [0.717, 1.165) is 10.5 Å². The average Bonchev–Trinajstić information content (AvgIpc) is 3.32. The van der Waals surface area contributed by atoms with Gasteiger partial charge in [0.15, 0.2) is 5.13 Å². The smallest absolute Gasteiger partial charge is 0.263 e. The number of rotatable bonds is 6. The SMILES string of the molecule is Cc1ccc(N2C(=O)C[C@@H](Nc3ccc(S(=O)(=O)Nc4nccs4)cc3)C2=O)cc1Cl. The number of hydrogen-bond acceptors (Lipinski definition) is 7. The highest BCUT2D eigenvalue weighted by Crippen LogP contribution is 2.29. The van der Waals surface area contributed by atoms with Gasteiger partial charge in [0, 0.05) is 22.3 Å². The van der Waals surface area contributed by atoms with Crippen molar-refractivity contribution in [3.63, 3.8) is 0 Å². The zero-order valence-corrected chi connectivity index (χ0v) is 18.6. The zero-order valence-electron chi connectivity index (χ0n) is 16.2. The molecule has 1 aliphatic rings. The molecule has 0 bridgehead atoms. The van der Waals surface area contributed by atoms with Gasteiger partial charge in [-0.05, 0) is 48.9 Å². The number of amides is 2. The number of anilines is 3. The van der Waals surface area contributed by atoms with Gasteiger partial charge in [0.05, 0.1) is 17.0 Å². The fraction of sp³-hybridized carbons (Fsp3) is 0.150. The first-order valence-corrected chi connectivity index (χ1v) is 11.9. The maximum atomic E-state index is 12.8. The summed E-state index contributed by atoms with van der Waals surface area (Å²) in [4.78, 5) is 30.3. The van der Waals surface area contributed by atoms with Crippen LogP contribution in [0, 0.1) is 6.92 Å². The largest absolute Gasteiger partial charge is 0.373 e. The number of carbonyl (C=O) groups excluding carboxylic acids is 2. The topological polar surface area (TPSA) is 108 Å². The molecule has 2 heterocycles. The molecular formula is C20H17ClN4O4S2. The van der Waals surface area contributed by atoms with Gasteiger partial charge < -0.3 is 5.32 Å². The number of carbonyl (C=O) groups is 2. The minimum Gasteiger partial charge on any atom is -0.373 e. The molecule has 2 amide bonds. The van der Waals surface area contributed by atoms with Crippen molar-refractivity contribution in [1.29, 1.82) is 0 Å². The van der Waals surface area contributed by atoms with Crippen molar-refractivity contribution in [3.05, 3.63) is 64.6 Å². The monoisotopic (exact) mass is 476 g/mol.